The van der Waals surface area contributed by atoms with E-state index in [1.165, 1.54) is 12.1 Å². The maximum atomic E-state index is 12.4. The minimum atomic E-state index is -0.588. The molecule has 0 saturated heterocycles. The number of hydrogen-bond donors (Lipinski definition) is 2. The Labute approximate surface area is 205 Å². The highest BCUT2D eigenvalue weighted by Crippen LogP contribution is 2.27. The zero-order valence-electron chi connectivity index (χ0n) is 16.9. The van der Waals surface area contributed by atoms with Crippen LogP contribution in [0.1, 0.15) is 5.56 Å². The van der Waals surface area contributed by atoms with Crippen molar-refractivity contribution in [3.8, 4) is 11.8 Å². The summed E-state index contributed by atoms with van der Waals surface area (Å²) >= 11 is 18.0. The zero-order chi connectivity index (χ0) is 23.8. The highest BCUT2D eigenvalue weighted by molar-refractivity contribution is 6.32. The molecule has 0 aliphatic rings. The minimum Gasteiger partial charge on any atom is -0.482 e. The molecule has 0 aromatic heterocycles. The number of nitriles is 1. The first-order valence-corrected chi connectivity index (χ1v) is 10.6. The first-order valence-electron chi connectivity index (χ1n) is 9.50. The Morgan fingerprint density at radius 3 is 2.33 bits per heavy atom. The molecule has 166 valence electrons. The van der Waals surface area contributed by atoms with Gasteiger partial charge >= 0.3 is 0 Å². The molecule has 2 N–H and O–H groups in total. The smallest absolute Gasteiger partial charge is 0.266 e. The van der Waals surface area contributed by atoms with Crippen molar-refractivity contribution in [1.29, 1.82) is 5.26 Å². The molecule has 3 aromatic carbocycles. The normalized spacial score (nSPS) is 10.8. The van der Waals surface area contributed by atoms with E-state index in [4.69, 9.17) is 39.5 Å². The number of benzene rings is 3. The average molecular weight is 501 g/mol. The van der Waals surface area contributed by atoms with Gasteiger partial charge in [0.25, 0.3) is 11.8 Å². The third-order valence-corrected chi connectivity index (χ3v) is 4.98. The molecule has 0 fully saturated rings. The molecule has 0 bridgehead atoms. The number of anilines is 2. The molecule has 2 amide bonds. The molecule has 3 aromatic rings. The summed E-state index contributed by atoms with van der Waals surface area (Å²) in [5.74, 6) is -0.682. The van der Waals surface area contributed by atoms with Crippen LogP contribution in [0.3, 0.4) is 0 Å². The van der Waals surface area contributed by atoms with Crippen LogP contribution in [0.2, 0.25) is 15.1 Å². The Bertz CT molecular complexity index is 1250. The molecule has 0 aliphatic carbocycles. The Morgan fingerprint density at radius 2 is 1.67 bits per heavy atom. The number of rotatable bonds is 7. The van der Waals surface area contributed by atoms with E-state index in [9.17, 15) is 14.9 Å². The fourth-order valence-electron chi connectivity index (χ4n) is 2.68. The van der Waals surface area contributed by atoms with Gasteiger partial charge in [-0.15, -0.1) is 0 Å². The summed E-state index contributed by atoms with van der Waals surface area (Å²) in [6, 6.07) is 19.8. The predicted molar refractivity (Wildman–Crippen MR) is 131 cm³/mol. The number of nitrogens with zero attached hydrogens (tertiary/aromatic N) is 1. The maximum Gasteiger partial charge on any atom is 0.266 e. The van der Waals surface area contributed by atoms with Crippen LogP contribution in [-0.2, 0) is 9.59 Å². The number of nitrogens with one attached hydrogen (secondary N) is 2. The fourth-order valence-corrected chi connectivity index (χ4v) is 3.24. The van der Waals surface area contributed by atoms with Crippen molar-refractivity contribution >= 4 is 64.1 Å². The van der Waals surface area contributed by atoms with E-state index >= 15 is 0 Å². The van der Waals surface area contributed by atoms with Crippen molar-refractivity contribution in [3.05, 3.63) is 92.9 Å². The van der Waals surface area contributed by atoms with E-state index in [0.717, 1.165) is 0 Å². The van der Waals surface area contributed by atoms with E-state index in [0.29, 0.717) is 27.0 Å². The molecule has 0 heterocycles. The molecule has 0 radical (unpaired) electrons. The molecule has 0 atom stereocenters. The van der Waals surface area contributed by atoms with Gasteiger partial charge < -0.3 is 15.4 Å². The Balaban J connectivity index is 1.63. The van der Waals surface area contributed by atoms with Crippen LogP contribution in [0.4, 0.5) is 11.4 Å². The fraction of sp³-hybridized carbons (Fsp3) is 0.0417. The van der Waals surface area contributed by atoms with Crippen LogP contribution in [0.15, 0.2) is 72.3 Å². The Hall–Kier alpha value is -3.50. The highest BCUT2D eigenvalue weighted by Gasteiger charge is 2.12. The lowest BCUT2D eigenvalue weighted by Crippen LogP contribution is -2.20. The summed E-state index contributed by atoms with van der Waals surface area (Å²) in [5, 5.41) is 15.9. The predicted octanol–water partition coefficient (Wildman–Crippen LogP) is 6.21. The standard InChI is InChI=1S/C24H16Cl3N3O3/c25-17-5-7-19(8-6-17)29-23(31)14-33-22-9-4-15(11-21(22)27)10-16(13-28)24(32)30-20-3-1-2-18(26)12-20/h1-12H,14H2,(H,29,31)(H,30,32)/b16-10+. The summed E-state index contributed by atoms with van der Waals surface area (Å²) in [7, 11) is 0. The lowest BCUT2D eigenvalue weighted by atomic mass is 10.1. The van der Waals surface area contributed by atoms with E-state index in [1.54, 1.807) is 60.7 Å². The molecule has 0 aliphatic heterocycles. The van der Waals surface area contributed by atoms with Gasteiger partial charge in [-0.25, -0.2) is 0 Å². The number of amides is 2. The molecule has 9 heteroatoms. The van der Waals surface area contributed by atoms with Gasteiger partial charge in [0, 0.05) is 21.4 Å². The first-order chi connectivity index (χ1) is 15.8. The van der Waals surface area contributed by atoms with Gasteiger partial charge in [0.05, 0.1) is 5.02 Å². The number of hydrogen-bond acceptors (Lipinski definition) is 4. The third-order valence-electron chi connectivity index (χ3n) is 4.20. The minimum absolute atomic E-state index is 0.123. The number of carbonyl (C=O) groups excluding carboxylic acids is 2. The molecule has 0 saturated carbocycles. The van der Waals surface area contributed by atoms with Crippen LogP contribution in [0.25, 0.3) is 6.08 Å². The summed E-state index contributed by atoms with van der Waals surface area (Å²) in [6.07, 6.45) is 1.39. The number of carbonyl (C=O) groups is 2. The zero-order valence-corrected chi connectivity index (χ0v) is 19.2. The molecule has 6 nitrogen and oxygen atoms in total. The van der Waals surface area contributed by atoms with Crippen molar-refractivity contribution in [2.45, 2.75) is 0 Å². The summed E-state index contributed by atoms with van der Waals surface area (Å²) in [6.45, 7) is -0.261. The van der Waals surface area contributed by atoms with E-state index in [2.05, 4.69) is 10.6 Å². The molecule has 0 unspecified atom stereocenters. The molecule has 0 spiro atoms. The number of halogens is 3. The molecule has 3 rings (SSSR count). The molecular weight excluding hydrogens is 485 g/mol. The van der Waals surface area contributed by atoms with Crippen LogP contribution >= 0.6 is 34.8 Å². The van der Waals surface area contributed by atoms with Crippen molar-refractivity contribution < 1.29 is 14.3 Å². The summed E-state index contributed by atoms with van der Waals surface area (Å²) in [4.78, 5) is 24.5. The van der Waals surface area contributed by atoms with Gasteiger partial charge in [0.15, 0.2) is 6.61 Å². The quantitative estimate of drug-likeness (QED) is 0.298. The van der Waals surface area contributed by atoms with Gasteiger partial charge in [0.1, 0.15) is 17.4 Å². The first kappa shape index (κ1) is 24.1. The van der Waals surface area contributed by atoms with Crippen molar-refractivity contribution in [1.82, 2.24) is 0 Å². The van der Waals surface area contributed by atoms with Crippen LogP contribution in [-0.4, -0.2) is 18.4 Å². The SMILES string of the molecule is N#C/C(=C\c1ccc(OCC(=O)Nc2ccc(Cl)cc2)c(Cl)c1)C(=O)Nc1cccc(Cl)c1. The highest BCUT2D eigenvalue weighted by atomic mass is 35.5. The largest absolute Gasteiger partial charge is 0.482 e. The molecular formula is C24H16Cl3N3O3. The van der Waals surface area contributed by atoms with E-state index < -0.39 is 5.91 Å². The van der Waals surface area contributed by atoms with Crippen LogP contribution in [0.5, 0.6) is 5.75 Å². The number of ether oxygens (including phenoxy) is 1. The lowest BCUT2D eigenvalue weighted by molar-refractivity contribution is -0.118. The van der Waals surface area contributed by atoms with Gasteiger partial charge in [-0.3, -0.25) is 9.59 Å². The Kier molecular flexibility index (Phi) is 8.34. The monoisotopic (exact) mass is 499 g/mol. The maximum absolute atomic E-state index is 12.4. The van der Waals surface area contributed by atoms with Gasteiger partial charge in [-0.1, -0.05) is 46.9 Å². The topological polar surface area (TPSA) is 91.2 Å². The van der Waals surface area contributed by atoms with E-state index in [1.807, 2.05) is 6.07 Å². The van der Waals surface area contributed by atoms with Gasteiger partial charge in [-0.2, -0.15) is 5.26 Å². The van der Waals surface area contributed by atoms with E-state index in [-0.39, 0.29) is 28.9 Å². The second-order valence-corrected chi connectivity index (χ2v) is 7.95. The van der Waals surface area contributed by atoms with Gasteiger partial charge in [-0.05, 0) is 66.2 Å². The third kappa shape index (κ3) is 7.26. The summed E-state index contributed by atoms with van der Waals surface area (Å²) in [5.41, 5.74) is 1.43. The van der Waals surface area contributed by atoms with Crippen LogP contribution < -0.4 is 15.4 Å². The second kappa shape index (κ2) is 11.4. The van der Waals surface area contributed by atoms with Crippen molar-refractivity contribution in [3.63, 3.8) is 0 Å². The van der Waals surface area contributed by atoms with Crippen molar-refractivity contribution in [2.75, 3.05) is 17.2 Å². The van der Waals surface area contributed by atoms with Crippen LogP contribution in [0, 0.1) is 11.3 Å². The Morgan fingerprint density at radius 1 is 0.909 bits per heavy atom. The van der Waals surface area contributed by atoms with Gasteiger partial charge in [0.2, 0.25) is 0 Å². The summed E-state index contributed by atoms with van der Waals surface area (Å²) < 4.78 is 5.47. The van der Waals surface area contributed by atoms with Crippen molar-refractivity contribution in [2.24, 2.45) is 0 Å². The average Bonchev–Trinajstić information content (AvgIpc) is 2.78. The second-order valence-electron chi connectivity index (χ2n) is 6.67. The lowest BCUT2D eigenvalue weighted by Gasteiger charge is -2.10. The molecule has 33 heavy (non-hydrogen) atoms.